The Labute approximate surface area is 117 Å². The molecule has 2 N–H and O–H groups in total. The molecule has 0 unspecified atom stereocenters. The zero-order valence-electron chi connectivity index (χ0n) is 11.5. The van der Waals surface area contributed by atoms with E-state index in [0.717, 1.165) is 21.4 Å². The van der Waals surface area contributed by atoms with Crippen LogP contribution < -0.4 is 5.73 Å². The van der Waals surface area contributed by atoms with Crippen LogP contribution in [0.2, 0.25) is 0 Å². The third-order valence-corrected chi connectivity index (χ3v) is 3.56. The number of nitrogen functional groups attached to an aromatic ring is 1. The molecular weight excluding hydrogens is 258 g/mol. The molecule has 19 heavy (non-hydrogen) atoms. The van der Waals surface area contributed by atoms with Gasteiger partial charge >= 0.3 is 0 Å². The summed E-state index contributed by atoms with van der Waals surface area (Å²) in [7, 11) is 0. The van der Waals surface area contributed by atoms with Crippen molar-refractivity contribution in [1.82, 2.24) is 19.9 Å². The normalized spacial score (nSPS) is 11.6. The summed E-state index contributed by atoms with van der Waals surface area (Å²) >= 11 is 1.45. The SMILES string of the molecule is Cc1c(N)nc(C(C)(C)C)nc1Sc1cnccn1. The molecule has 0 aliphatic rings. The third kappa shape index (κ3) is 3.20. The van der Waals surface area contributed by atoms with Gasteiger partial charge in [-0.15, -0.1) is 0 Å². The number of anilines is 1. The van der Waals surface area contributed by atoms with E-state index in [9.17, 15) is 0 Å². The number of aromatic nitrogens is 4. The van der Waals surface area contributed by atoms with E-state index >= 15 is 0 Å². The van der Waals surface area contributed by atoms with Gasteiger partial charge in [-0.25, -0.2) is 15.0 Å². The summed E-state index contributed by atoms with van der Waals surface area (Å²) in [6, 6.07) is 0. The van der Waals surface area contributed by atoms with E-state index in [-0.39, 0.29) is 5.41 Å². The highest BCUT2D eigenvalue weighted by Gasteiger charge is 2.20. The summed E-state index contributed by atoms with van der Waals surface area (Å²) in [5, 5.41) is 1.63. The molecule has 0 bridgehead atoms. The summed E-state index contributed by atoms with van der Waals surface area (Å²) in [6.07, 6.45) is 5.01. The fourth-order valence-corrected chi connectivity index (χ4v) is 2.20. The molecule has 6 heteroatoms. The molecule has 2 heterocycles. The lowest BCUT2D eigenvalue weighted by molar-refractivity contribution is 0.538. The standard InChI is InChI=1S/C13H17N5S/c1-8-10(14)17-12(13(2,3)4)18-11(8)19-9-7-15-5-6-16-9/h5-7H,1-4H3,(H2,14,17,18). The Hall–Kier alpha value is -1.69. The quantitative estimate of drug-likeness (QED) is 0.849. The lowest BCUT2D eigenvalue weighted by atomic mass is 9.95. The Bertz CT molecular complexity index is 578. The van der Waals surface area contributed by atoms with Crippen molar-refractivity contribution >= 4 is 17.6 Å². The van der Waals surface area contributed by atoms with Crippen molar-refractivity contribution in [2.75, 3.05) is 5.73 Å². The van der Waals surface area contributed by atoms with E-state index in [4.69, 9.17) is 5.73 Å². The van der Waals surface area contributed by atoms with E-state index in [0.29, 0.717) is 5.82 Å². The molecule has 0 amide bonds. The zero-order chi connectivity index (χ0) is 14.0. The lowest BCUT2D eigenvalue weighted by Gasteiger charge is -2.18. The average molecular weight is 275 g/mol. The van der Waals surface area contributed by atoms with Gasteiger partial charge in [-0.1, -0.05) is 20.8 Å². The summed E-state index contributed by atoms with van der Waals surface area (Å²) in [5.74, 6) is 1.26. The number of rotatable bonds is 2. The third-order valence-electron chi connectivity index (χ3n) is 2.55. The van der Waals surface area contributed by atoms with Crippen LogP contribution in [0.1, 0.15) is 32.2 Å². The molecule has 100 valence electrons. The molecule has 0 fully saturated rings. The summed E-state index contributed by atoms with van der Waals surface area (Å²) in [5.41, 5.74) is 6.71. The molecule has 2 aromatic rings. The Kier molecular flexibility index (Phi) is 3.71. The maximum atomic E-state index is 5.97. The lowest BCUT2D eigenvalue weighted by Crippen LogP contribution is -2.18. The molecule has 0 radical (unpaired) electrons. The van der Waals surface area contributed by atoms with Crippen LogP contribution >= 0.6 is 11.8 Å². The first-order valence-electron chi connectivity index (χ1n) is 5.96. The van der Waals surface area contributed by atoms with Gasteiger partial charge in [-0.3, -0.25) is 4.98 Å². The predicted molar refractivity (Wildman–Crippen MR) is 76.0 cm³/mol. The summed E-state index contributed by atoms with van der Waals surface area (Å²) in [6.45, 7) is 8.11. The Morgan fingerprint density at radius 2 is 1.89 bits per heavy atom. The maximum absolute atomic E-state index is 5.97. The fraction of sp³-hybridized carbons (Fsp3) is 0.385. The highest BCUT2D eigenvalue weighted by atomic mass is 32.2. The van der Waals surface area contributed by atoms with Crippen molar-refractivity contribution in [2.24, 2.45) is 0 Å². The Morgan fingerprint density at radius 1 is 1.16 bits per heavy atom. The Morgan fingerprint density at radius 3 is 2.47 bits per heavy atom. The van der Waals surface area contributed by atoms with Gasteiger partial charge in [0.05, 0.1) is 6.20 Å². The van der Waals surface area contributed by atoms with Crippen LogP contribution in [0.15, 0.2) is 28.6 Å². The highest BCUT2D eigenvalue weighted by molar-refractivity contribution is 7.99. The van der Waals surface area contributed by atoms with Crippen molar-refractivity contribution in [3.63, 3.8) is 0 Å². The van der Waals surface area contributed by atoms with Gasteiger partial charge in [0.1, 0.15) is 21.7 Å². The van der Waals surface area contributed by atoms with Crippen LogP contribution in [0.3, 0.4) is 0 Å². The molecule has 0 aromatic carbocycles. The molecule has 0 aliphatic heterocycles. The van der Waals surface area contributed by atoms with Crippen LogP contribution in [-0.2, 0) is 5.41 Å². The molecule has 0 aliphatic carbocycles. The van der Waals surface area contributed by atoms with Gasteiger partial charge in [0.25, 0.3) is 0 Å². The van der Waals surface area contributed by atoms with Crippen molar-refractivity contribution in [3.05, 3.63) is 30.0 Å². The molecule has 2 rings (SSSR count). The number of hydrogen-bond acceptors (Lipinski definition) is 6. The maximum Gasteiger partial charge on any atom is 0.137 e. The van der Waals surface area contributed by atoms with Gasteiger partial charge in [-0.05, 0) is 18.7 Å². The van der Waals surface area contributed by atoms with Gasteiger partial charge in [0, 0.05) is 23.4 Å². The second-order valence-electron chi connectivity index (χ2n) is 5.26. The molecule has 0 atom stereocenters. The predicted octanol–water partition coefficient (Wildman–Crippen LogP) is 2.61. The van der Waals surface area contributed by atoms with Gasteiger partial charge in [-0.2, -0.15) is 0 Å². The molecule has 5 nitrogen and oxygen atoms in total. The second kappa shape index (κ2) is 5.13. The molecule has 2 aromatic heterocycles. The van der Waals surface area contributed by atoms with E-state index in [1.54, 1.807) is 18.6 Å². The monoisotopic (exact) mass is 275 g/mol. The summed E-state index contributed by atoms with van der Waals surface area (Å²) in [4.78, 5) is 17.2. The van der Waals surface area contributed by atoms with Gasteiger partial charge in [0.2, 0.25) is 0 Å². The van der Waals surface area contributed by atoms with E-state index in [1.165, 1.54) is 11.8 Å². The Balaban J connectivity index is 2.42. The molecule has 0 spiro atoms. The summed E-state index contributed by atoms with van der Waals surface area (Å²) < 4.78 is 0. The van der Waals surface area contributed by atoms with E-state index < -0.39 is 0 Å². The minimum Gasteiger partial charge on any atom is -0.383 e. The number of nitrogens with two attached hydrogens (primary N) is 1. The second-order valence-corrected chi connectivity index (χ2v) is 6.27. The van der Waals surface area contributed by atoms with E-state index in [2.05, 4.69) is 40.7 Å². The van der Waals surface area contributed by atoms with Crippen LogP contribution in [0, 0.1) is 6.92 Å². The van der Waals surface area contributed by atoms with Crippen molar-refractivity contribution in [3.8, 4) is 0 Å². The molecular formula is C13H17N5S. The topological polar surface area (TPSA) is 77.6 Å². The fourth-order valence-electron chi connectivity index (χ4n) is 1.38. The van der Waals surface area contributed by atoms with Crippen LogP contribution in [0.5, 0.6) is 0 Å². The zero-order valence-corrected chi connectivity index (χ0v) is 12.3. The smallest absolute Gasteiger partial charge is 0.137 e. The van der Waals surface area contributed by atoms with Crippen molar-refractivity contribution < 1.29 is 0 Å². The van der Waals surface area contributed by atoms with Crippen molar-refractivity contribution in [2.45, 2.75) is 43.2 Å². The van der Waals surface area contributed by atoms with Gasteiger partial charge in [0.15, 0.2) is 0 Å². The van der Waals surface area contributed by atoms with Crippen LogP contribution in [-0.4, -0.2) is 19.9 Å². The molecule has 0 saturated carbocycles. The first-order valence-corrected chi connectivity index (χ1v) is 6.78. The molecule has 0 saturated heterocycles. The minimum absolute atomic E-state index is 0.139. The highest BCUT2D eigenvalue weighted by Crippen LogP contribution is 2.31. The first kappa shape index (κ1) is 13.7. The van der Waals surface area contributed by atoms with Crippen LogP contribution in [0.4, 0.5) is 5.82 Å². The first-order chi connectivity index (χ1) is 8.88. The number of nitrogens with zero attached hydrogens (tertiary/aromatic N) is 4. The number of hydrogen-bond donors (Lipinski definition) is 1. The minimum atomic E-state index is -0.139. The largest absolute Gasteiger partial charge is 0.383 e. The van der Waals surface area contributed by atoms with E-state index in [1.807, 2.05) is 6.92 Å². The van der Waals surface area contributed by atoms with Crippen molar-refractivity contribution in [1.29, 1.82) is 0 Å². The van der Waals surface area contributed by atoms with Gasteiger partial charge < -0.3 is 5.73 Å². The van der Waals surface area contributed by atoms with Crippen LogP contribution in [0.25, 0.3) is 0 Å². The average Bonchev–Trinajstić information content (AvgIpc) is 2.34.